The first-order chi connectivity index (χ1) is 8.38. The molecular weight excluding hydrogens is 254 g/mol. The molecule has 0 aliphatic carbocycles. The summed E-state index contributed by atoms with van der Waals surface area (Å²) in [6.45, 7) is 3.88. The third-order valence-corrected chi connectivity index (χ3v) is 6.05. The molecule has 2 saturated heterocycles. The highest BCUT2D eigenvalue weighted by atomic mass is 32.2. The minimum atomic E-state index is -2.96. The summed E-state index contributed by atoms with van der Waals surface area (Å²) in [5.74, 6) is 1.31. The molecule has 2 unspecified atom stereocenters. The Labute approximate surface area is 106 Å². The SMILES string of the molecule is Cc1cc(C(=O)N2CC3CC2CS3(=O)=O)c(C)o1. The lowest BCUT2D eigenvalue weighted by molar-refractivity contribution is 0.0744. The third-order valence-electron chi connectivity index (χ3n) is 3.84. The molecule has 2 aliphatic heterocycles. The second-order valence-corrected chi connectivity index (χ2v) is 7.45. The van der Waals surface area contributed by atoms with Crippen molar-refractivity contribution in [2.24, 2.45) is 0 Å². The van der Waals surface area contributed by atoms with Gasteiger partial charge in [-0.1, -0.05) is 0 Å². The zero-order valence-electron chi connectivity index (χ0n) is 10.3. The van der Waals surface area contributed by atoms with Gasteiger partial charge in [0.25, 0.3) is 5.91 Å². The number of rotatable bonds is 1. The average molecular weight is 269 g/mol. The maximum atomic E-state index is 12.4. The van der Waals surface area contributed by atoms with E-state index in [1.807, 2.05) is 0 Å². The normalized spacial score (nSPS) is 28.9. The van der Waals surface area contributed by atoms with Gasteiger partial charge < -0.3 is 9.32 Å². The van der Waals surface area contributed by atoms with Crippen molar-refractivity contribution in [1.29, 1.82) is 0 Å². The average Bonchev–Trinajstić information content (AvgIpc) is 2.88. The van der Waals surface area contributed by atoms with Crippen molar-refractivity contribution in [2.75, 3.05) is 12.3 Å². The van der Waals surface area contributed by atoms with Crippen LogP contribution in [-0.4, -0.2) is 42.8 Å². The summed E-state index contributed by atoms with van der Waals surface area (Å²) in [4.78, 5) is 14.0. The Balaban J connectivity index is 1.87. The van der Waals surface area contributed by atoms with Gasteiger partial charge in [-0.3, -0.25) is 4.79 Å². The van der Waals surface area contributed by atoms with Crippen molar-refractivity contribution in [3.05, 3.63) is 23.2 Å². The molecule has 98 valence electrons. The van der Waals surface area contributed by atoms with Gasteiger partial charge in [0.2, 0.25) is 0 Å². The number of carbonyl (C=O) groups excluding carboxylic acids is 1. The summed E-state index contributed by atoms with van der Waals surface area (Å²) < 4.78 is 28.6. The second kappa shape index (κ2) is 3.60. The molecule has 3 rings (SSSR count). The Morgan fingerprint density at radius 3 is 2.61 bits per heavy atom. The summed E-state index contributed by atoms with van der Waals surface area (Å²) >= 11 is 0. The first-order valence-electron chi connectivity index (χ1n) is 5.98. The molecule has 2 bridgehead atoms. The number of sulfone groups is 1. The highest BCUT2D eigenvalue weighted by Gasteiger charge is 2.50. The van der Waals surface area contributed by atoms with E-state index in [4.69, 9.17) is 4.42 Å². The van der Waals surface area contributed by atoms with Crippen LogP contribution < -0.4 is 0 Å². The Hall–Kier alpha value is -1.30. The highest BCUT2D eigenvalue weighted by Crippen LogP contribution is 2.34. The molecular formula is C12H15NO4S. The number of likely N-dealkylation sites (tertiary alicyclic amines) is 1. The van der Waals surface area contributed by atoms with Gasteiger partial charge in [0.1, 0.15) is 11.5 Å². The Morgan fingerprint density at radius 2 is 2.17 bits per heavy atom. The molecule has 3 heterocycles. The molecule has 0 radical (unpaired) electrons. The molecule has 1 aromatic heterocycles. The van der Waals surface area contributed by atoms with E-state index in [9.17, 15) is 13.2 Å². The van der Waals surface area contributed by atoms with Crippen LogP contribution in [0.5, 0.6) is 0 Å². The third kappa shape index (κ3) is 1.59. The molecule has 0 aromatic carbocycles. The molecule has 0 spiro atoms. The number of aryl methyl sites for hydroxylation is 2. The van der Waals surface area contributed by atoms with Gasteiger partial charge in [0.15, 0.2) is 9.84 Å². The van der Waals surface area contributed by atoms with Crippen LogP contribution in [-0.2, 0) is 9.84 Å². The van der Waals surface area contributed by atoms with Gasteiger partial charge in [-0.15, -0.1) is 0 Å². The Kier molecular flexibility index (Phi) is 2.35. The lowest BCUT2D eigenvalue weighted by Gasteiger charge is -2.26. The summed E-state index contributed by atoms with van der Waals surface area (Å²) in [7, 11) is -2.96. The lowest BCUT2D eigenvalue weighted by atomic mass is 10.2. The van der Waals surface area contributed by atoms with E-state index in [-0.39, 0.29) is 23.0 Å². The maximum absolute atomic E-state index is 12.4. The van der Waals surface area contributed by atoms with E-state index < -0.39 is 9.84 Å². The van der Waals surface area contributed by atoms with Crippen LogP contribution >= 0.6 is 0 Å². The first kappa shape index (κ1) is 11.8. The number of carbonyl (C=O) groups is 1. The van der Waals surface area contributed by atoms with E-state index in [2.05, 4.69) is 0 Å². The van der Waals surface area contributed by atoms with Crippen LogP contribution in [0.15, 0.2) is 10.5 Å². The van der Waals surface area contributed by atoms with Crippen molar-refractivity contribution in [3.63, 3.8) is 0 Å². The van der Waals surface area contributed by atoms with Gasteiger partial charge in [0, 0.05) is 12.6 Å². The van der Waals surface area contributed by atoms with Crippen LogP contribution in [0.3, 0.4) is 0 Å². The number of fused-ring (bicyclic) bond motifs is 2. The molecule has 6 heteroatoms. The fourth-order valence-electron chi connectivity index (χ4n) is 2.94. The zero-order chi connectivity index (χ0) is 13.1. The molecule has 1 amide bonds. The summed E-state index contributed by atoms with van der Waals surface area (Å²) in [6.07, 6.45) is 0.587. The number of amides is 1. The van der Waals surface area contributed by atoms with Gasteiger partial charge in [0.05, 0.1) is 16.6 Å². The minimum absolute atomic E-state index is 0.105. The topological polar surface area (TPSA) is 67.6 Å². The predicted molar refractivity (Wildman–Crippen MR) is 65.2 cm³/mol. The van der Waals surface area contributed by atoms with E-state index in [1.54, 1.807) is 24.8 Å². The van der Waals surface area contributed by atoms with Gasteiger partial charge >= 0.3 is 0 Å². The van der Waals surface area contributed by atoms with Crippen molar-refractivity contribution < 1.29 is 17.6 Å². The number of hydrogen-bond acceptors (Lipinski definition) is 4. The van der Waals surface area contributed by atoms with Gasteiger partial charge in [-0.25, -0.2) is 8.42 Å². The van der Waals surface area contributed by atoms with E-state index in [0.717, 1.165) is 0 Å². The van der Waals surface area contributed by atoms with Crippen molar-refractivity contribution in [1.82, 2.24) is 4.90 Å². The summed E-state index contributed by atoms with van der Waals surface area (Å²) in [6, 6.07) is 1.57. The van der Waals surface area contributed by atoms with E-state index >= 15 is 0 Å². The first-order valence-corrected chi connectivity index (χ1v) is 7.69. The Bertz CT molecular complexity index is 616. The van der Waals surface area contributed by atoms with Crippen LogP contribution in [0.25, 0.3) is 0 Å². The monoisotopic (exact) mass is 269 g/mol. The maximum Gasteiger partial charge on any atom is 0.257 e. The molecule has 5 nitrogen and oxygen atoms in total. The summed E-state index contributed by atoms with van der Waals surface area (Å²) in [5.41, 5.74) is 0.553. The van der Waals surface area contributed by atoms with Crippen molar-refractivity contribution in [2.45, 2.75) is 31.6 Å². The smallest absolute Gasteiger partial charge is 0.257 e. The molecule has 18 heavy (non-hydrogen) atoms. The second-order valence-electron chi connectivity index (χ2n) is 5.13. The molecule has 2 aliphatic rings. The van der Waals surface area contributed by atoms with Crippen molar-refractivity contribution >= 4 is 15.7 Å². The molecule has 1 aromatic rings. The molecule has 0 saturated carbocycles. The standard InChI is InChI=1S/C12H15NO4S/c1-7-3-11(8(2)17-7)12(14)13-5-10-4-9(13)6-18(10,15)16/h3,9-10H,4-6H2,1-2H3. The quantitative estimate of drug-likeness (QED) is 0.760. The van der Waals surface area contributed by atoms with Crippen LogP contribution in [0.1, 0.15) is 28.3 Å². The van der Waals surface area contributed by atoms with Crippen molar-refractivity contribution in [3.8, 4) is 0 Å². The molecule has 2 fully saturated rings. The zero-order valence-corrected chi connectivity index (χ0v) is 11.2. The number of furan rings is 1. The van der Waals surface area contributed by atoms with Crippen LogP contribution in [0.4, 0.5) is 0 Å². The summed E-state index contributed by atoms with van der Waals surface area (Å²) in [5, 5.41) is -0.361. The number of hydrogen-bond donors (Lipinski definition) is 0. The number of nitrogens with zero attached hydrogens (tertiary/aromatic N) is 1. The largest absolute Gasteiger partial charge is 0.466 e. The molecule has 2 atom stereocenters. The molecule has 0 N–H and O–H groups in total. The fourth-order valence-corrected chi connectivity index (χ4v) is 4.97. The lowest BCUT2D eigenvalue weighted by Crippen LogP contribution is -2.44. The van der Waals surface area contributed by atoms with Gasteiger partial charge in [-0.05, 0) is 26.3 Å². The predicted octanol–water partition coefficient (Wildman–Crippen LogP) is 0.908. The van der Waals surface area contributed by atoms with Crippen LogP contribution in [0.2, 0.25) is 0 Å². The van der Waals surface area contributed by atoms with E-state index in [0.29, 0.717) is 30.0 Å². The minimum Gasteiger partial charge on any atom is -0.466 e. The van der Waals surface area contributed by atoms with Crippen LogP contribution in [0, 0.1) is 13.8 Å². The van der Waals surface area contributed by atoms with Gasteiger partial charge in [-0.2, -0.15) is 0 Å². The fraction of sp³-hybridized carbons (Fsp3) is 0.583. The van der Waals surface area contributed by atoms with E-state index in [1.165, 1.54) is 0 Å². The highest BCUT2D eigenvalue weighted by molar-refractivity contribution is 7.92. The Morgan fingerprint density at radius 1 is 1.44 bits per heavy atom.